The van der Waals surface area contributed by atoms with Gasteiger partial charge in [-0.2, -0.15) is 0 Å². The number of hydrogen-bond donors (Lipinski definition) is 1. The number of nitrogens with zero attached hydrogens (tertiary/aromatic N) is 4. The third kappa shape index (κ3) is 4.78. The highest BCUT2D eigenvalue weighted by molar-refractivity contribution is 6.30. The fourth-order valence-corrected chi connectivity index (χ4v) is 3.31. The number of imidazole rings is 1. The smallest absolute Gasteiger partial charge is 0.133 e. The molecule has 4 rings (SSSR count). The minimum Gasteiger partial charge on any atom is -0.378 e. The van der Waals surface area contributed by atoms with Crippen LogP contribution in [0.5, 0.6) is 0 Å². The lowest BCUT2D eigenvalue weighted by Crippen LogP contribution is -2.16. The van der Waals surface area contributed by atoms with E-state index in [1.165, 1.54) is 12.1 Å². The molecule has 0 saturated heterocycles. The Labute approximate surface area is 179 Å². The van der Waals surface area contributed by atoms with E-state index < -0.39 is 0 Å². The van der Waals surface area contributed by atoms with Crippen LogP contribution in [-0.2, 0) is 13.1 Å². The van der Waals surface area contributed by atoms with E-state index in [0.717, 1.165) is 28.6 Å². The number of halogens is 2. The van der Waals surface area contributed by atoms with E-state index in [1.54, 1.807) is 24.5 Å². The first-order valence-corrected chi connectivity index (χ1v) is 9.90. The van der Waals surface area contributed by atoms with Crippen LogP contribution in [0.15, 0.2) is 79.3 Å². The molecular formula is C23H21ClFN5. The van der Waals surface area contributed by atoms with Crippen molar-refractivity contribution >= 4 is 23.0 Å². The first-order valence-electron chi connectivity index (χ1n) is 9.52. The summed E-state index contributed by atoms with van der Waals surface area (Å²) in [5.41, 5.74) is 3.80. The molecule has 0 radical (unpaired) electrons. The molecule has 0 amide bonds. The SMILES string of the molecule is CN(Cc1cn(-c2ccc(Cl)cc2)c(CNc2ccc(F)cc2)n1)c1ccncc1. The molecule has 1 N–H and O–H groups in total. The largest absolute Gasteiger partial charge is 0.378 e. The van der Waals surface area contributed by atoms with Gasteiger partial charge in [0, 0.05) is 47.7 Å². The first-order chi connectivity index (χ1) is 14.6. The van der Waals surface area contributed by atoms with Crippen LogP contribution in [-0.4, -0.2) is 21.6 Å². The highest BCUT2D eigenvalue weighted by atomic mass is 35.5. The monoisotopic (exact) mass is 421 g/mol. The van der Waals surface area contributed by atoms with Crippen molar-refractivity contribution in [3.05, 3.63) is 102 Å². The molecule has 0 fully saturated rings. The highest BCUT2D eigenvalue weighted by Gasteiger charge is 2.12. The zero-order chi connectivity index (χ0) is 20.9. The maximum atomic E-state index is 13.2. The Morgan fingerprint density at radius 3 is 2.40 bits per heavy atom. The van der Waals surface area contributed by atoms with Crippen molar-refractivity contribution in [1.82, 2.24) is 14.5 Å². The number of nitrogens with one attached hydrogen (secondary N) is 1. The summed E-state index contributed by atoms with van der Waals surface area (Å²) in [5.74, 6) is 0.587. The predicted molar refractivity (Wildman–Crippen MR) is 119 cm³/mol. The molecular weight excluding hydrogens is 401 g/mol. The average molecular weight is 422 g/mol. The van der Waals surface area contributed by atoms with Crippen LogP contribution in [0, 0.1) is 5.82 Å². The van der Waals surface area contributed by atoms with Gasteiger partial charge in [0.2, 0.25) is 0 Å². The first kappa shape index (κ1) is 19.9. The molecule has 0 atom stereocenters. The predicted octanol–water partition coefficient (Wildman–Crippen LogP) is 5.31. The van der Waals surface area contributed by atoms with Crippen LogP contribution >= 0.6 is 11.6 Å². The molecule has 0 unspecified atom stereocenters. The standard InChI is InChI=1S/C23H21ClFN5/c1-29(21-10-12-26-13-11-21)15-20-16-30(22-8-2-17(24)3-9-22)23(28-20)14-27-19-6-4-18(25)5-7-19/h2-13,16,27H,14-15H2,1H3. The van der Waals surface area contributed by atoms with Gasteiger partial charge in [-0.1, -0.05) is 11.6 Å². The van der Waals surface area contributed by atoms with E-state index >= 15 is 0 Å². The zero-order valence-electron chi connectivity index (χ0n) is 16.5. The van der Waals surface area contributed by atoms with Crippen molar-refractivity contribution in [3.8, 4) is 5.69 Å². The van der Waals surface area contributed by atoms with Crippen molar-refractivity contribution in [2.45, 2.75) is 13.1 Å². The van der Waals surface area contributed by atoms with Crippen LogP contribution in [0.3, 0.4) is 0 Å². The molecule has 7 heteroatoms. The van der Waals surface area contributed by atoms with E-state index in [9.17, 15) is 4.39 Å². The minimum absolute atomic E-state index is 0.260. The maximum absolute atomic E-state index is 13.2. The topological polar surface area (TPSA) is 46.0 Å². The Morgan fingerprint density at radius 1 is 1.00 bits per heavy atom. The second kappa shape index (κ2) is 8.97. The number of rotatable bonds is 7. The van der Waals surface area contributed by atoms with Gasteiger partial charge in [-0.05, 0) is 60.7 Å². The van der Waals surface area contributed by atoms with E-state index in [2.05, 4.69) is 15.2 Å². The summed E-state index contributed by atoms with van der Waals surface area (Å²) >= 11 is 6.06. The normalized spacial score (nSPS) is 10.8. The van der Waals surface area contributed by atoms with E-state index in [-0.39, 0.29) is 5.82 Å². The van der Waals surface area contributed by atoms with Gasteiger partial charge < -0.3 is 14.8 Å². The number of aromatic nitrogens is 3. The molecule has 0 saturated carbocycles. The third-order valence-corrected chi connectivity index (χ3v) is 4.98. The summed E-state index contributed by atoms with van der Waals surface area (Å²) in [6, 6.07) is 17.9. The molecule has 2 aromatic heterocycles. The molecule has 2 aromatic carbocycles. The summed E-state index contributed by atoms with van der Waals surface area (Å²) < 4.78 is 15.2. The van der Waals surface area contributed by atoms with Crippen molar-refractivity contribution in [3.63, 3.8) is 0 Å². The van der Waals surface area contributed by atoms with Gasteiger partial charge in [0.15, 0.2) is 0 Å². The molecule has 4 aromatic rings. The average Bonchev–Trinajstić information content (AvgIpc) is 3.17. The van der Waals surface area contributed by atoms with Crippen LogP contribution in [0.1, 0.15) is 11.5 Å². The Kier molecular flexibility index (Phi) is 5.95. The van der Waals surface area contributed by atoms with E-state index in [1.807, 2.05) is 54.2 Å². The second-order valence-corrected chi connectivity index (χ2v) is 7.35. The fraction of sp³-hybridized carbons (Fsp3) is 0.130. The van der Waals surface area contributed by atoms with Crippen molar-refractivity contribution in [2.75, 3.05) is 17.3 Å². The minimum atomic E-state index is -0.260. The number of benzene rings is 2. The van der Waals surface area contributed by atoms with Crippen LogP contribution in [0.25, 0.3) is 5.69 Å². The van der Waals surface area contributed by atoms with E-state index in [4.69, 9.17) is 16.6 Å². The summed E-state index contributed by atoms with van der Waals surface area (Å²) in [4.78, 5) is 11.0. The second-order valence-electron chi connectivity index (χ2n) is 6.92. The Morgan fingerprint density at radius 2 is 1.70 bits per heavy atom. The van der Waals surface area contributed by atoms with Gasteiger partial charge >= 0.3 is 0 Å². The van der Waals surface area contributed by atoms with Gasteiger partial charge in [0.05, 0.1) is 18.8 Å². The summed E-state index contributed by atoms with van der Waals surface area (Å²) in [5, 5.41) is 3.99. The Balaban J connectivity index is 1.59. The van der Waals surface area contributed by atoms with E-state index in [0.29, 0.717) is 18.1 Å². The molecule has 30 heavy (non-hydrogen) atoms. The number of pyridine rings is 1. The maximum Gasteiger partial charge on any atom is 0.133 e. The number of hydrogen-bond acceptors (Lipinski definition) is 4. The highest BCUT2D eigenvalue weighted by Crippen LogP contribution is 2.20. The van der Waals surface area contributed by atoms with Crippen LogP contribution < -0.4 is 10.2 Å². The van der Waals surface area contributed by atoms with Gasteiger partial charge in [-0.15, -0.1) is 0 Å². The summed E-state index contributed by atoms with van der Waals surface area (Å²) in [6.07, 6.45) is 5.58. The van der Waals surface area contributed by atoms with Gasteiger partial charge in [-0.25, -0.2) is 9.37 Å². The van der Waals surface area contributed by atoms with Gasteiger partial charge in [0.25, 0.3) is 0 Å². The molecule has 0 bridgehead atoms. The quantitative estimate of drug-likeness (QED) is 0.439. The lowest BCUT2D eigenvalue weighted by atomic mass is 10.3. The molecule has 0 spiro atoms. The third-order valence-electron chi connectivity index (χ3n) is 4.73. The molecule has 152 valence electrons. The van der Waals surface area contributed by atoms with Gasteiger partial charge in [-0.3, -0.25) is 4.98 Å². The summed E-state index contributed by atoms with van der Waals surface area (Å²) in [6.45, 7) is 1.14. The molecule has 0 aliphatic heterocycles. The molecule has 5 nitrogen and oxygen atoms in total. The number of anilines is 2. The van der Waals surface area contributed by atoms with Crippen molar-refractivity contribution < 1.29 is 4.39 Å². The zero-order valence-corrected chi connectivity index (χ0v) is 17.2. The van der Waals surface area contributed by atoms with Crippen molar-refractivity contribution in [1.29, 1.82) is 0 Å². The van der Waals surface area contributed by atoms with Crippen molar-refractivity contribution in [2.24, 2.45) is 0 Å². The Bertz CT molecular complexity index is 1090. The van der Waals surface area contributed by atoms with Crippen LogP contribution in [0.4, 0.5) is 15.8 Å². The molecule has 2 heterocycles. The summed E-state index contributed by atoms with van der Waals surface area (Å²) in [7, 11) is 2.02. The lowest BCUT2D eigenvalue weighted by Gasteiger charge is -2.17. The Hall–Kier alpha value is -3.38. The molecule has 0 aliphatic carbocycles. The van der Waals surface area contributed by atoms with Crippen LogP contribution in [0.2, 0.25) is 5.02 Å². The molecule has 0 aliphatic rings. The van der Waals surface area contributed by atoms with Gasteiger partial charge in [0.1, 0.15) is 11.6 Å². The lowest BCUT2D eigenvalue weighted by molar-refractivity contribution is 0.628. The fourth-order valence-electron chi connectivity index (χ4n) is 3.18.